The highest BCUT2D eigenvalue weighted by atomic mass is 19.2. The number of morpholine rings is 1. The Bertz CT molecular complexity index is 613. The van der Waals surface area contributed by atoms with Gasteiger partial charge in [-0.3, -0.25) is 4.79 Å². The maximum atomic E-state index is 13.4. The number of ether oxygens (including phenoxy) is 1. The first-order valence-electron chi connectivity index (χ1n) is 8.02. The smallest absolute Gasteiger partial charge is 0.229 e. The summed E-state index contributed by atoms with van der Waals surface area (Å²) in [5.74, 6) is -1.63. The number of halogens is 2. The largest absolute Gasteiger partial charge is 0.370 e. The topological polar surface area (TPSA) is 29.5 Å². The Balaban J connectivity index is 1.74. The third kappa shape index (κ3) is 3.02. The molecule has 1 atom stereocenters. The molecule has 3 rings (SSSR count). The molecule has 1 amide bonds. The summed E-state index contributed by atoms with van der Waals surface area (Å²) in [6.45, 7) is 5.08. The lowest BCUT2D eigenvalue weighted by molar-refractivity contribution is -0.155. The fraction of sp³-hybridized carbons (Fsp3) is 0.500. The molecule has 0 bridgehead atoms. The third-order valence-corrected chi connectivity index (χ3v) is 4.97. The van der Waals surface area contributed by atoms with Crippen molar-refractivity contribution < 1.29 is 18.3 Å². The van der Waals surface area contributed by atoms with Gasteiger partial charge in [0.2, 0.25) is 5.91 Å². The van der Waals surface area contributed by atoms with E-state index in [-0.39, 0.29) is 11.3 Å². The Morgan fingerprint density at radius 3 is 2.78 bits per heavy atom. The van der Waals surface area contributed by atoms with E-state index in [0.717, 1.165) is 31.4 Å². The van der Waals surface area contributed by atoms with Crippen LogP contribution in [0.5, 0.6) is 0 Å². The van der Waals surface area contributed by atoms with Crippen molar-refractivity contribution in [2.75, 3.05) is 19.7 Å². The molecule has 1 saturated heterocycles. The summed E-state index contributed by atoms with van der Waals surface area (Å²) < 4.78 is 32.2. The number of allylic oxidation sites excluding steroid dienone is 1. The zero-order valence-corrected chi connectivity index (χ0v) is 13.1. The van der Waals surface area contributed by atoms with Gasteiger partial charge in [-0.15, -0.1) is 6.58 Å². The van der Waals surface area contributed by atoms with Crippen LogP contribution in [0.4, 0.5) is 8.78 Å². The molecule has 1 saturated carbocycles. The quantitative estimate of drug-likeness (QED) is 0.793. The van der Waals surface area contributed by atoms with Crippen molar-refractivity contribution >= 4 is 5.91 Å². The molecule has 3 nitrogen and oxygen atoms in total. The predicted molar refractivity (Wildman–Crippen MR) is 82.7 cm³/mol. The van der Waals surface area contributed by atoms with Crippen LogP contribution >= 0.6 is 0 Å². The van der Waals surface area contributed by atoms with E-state index in [0.29, 0.717) is 31.7 Å². The summed E-state index contributed by atoms with van der Waals surface area (Å²) in [6, 6.07) is 3.76. The summed E-state index contributed by atoms with van der Waals surface area (Å²) in [6.07, 6.45) is 4.94. The molecular weight excluding hydrogens is 300 g/mol. The molecule has 1 aromatic rings. The summed E-state index contributed by atoms with van der Waals surface area (Å²) >= 11 is 0. The molecule has 1 aliphatic heterocycles. The number of rotatable bonds is 4. The maximum Gasteiger partial charge on any atom is 0.229 e. The van der Waals surface area contributed by atoms with Crippen molar-refractivity contribution in [1.29, 1.82) is 0 Å². The van der Waals surface area contributed by atoms with E-state index in [2.05, 4.69) is 6.58 Å². The zero-order valence-electron chi connectivity index (χ0n) is 13.1. The number of amides is 1. The van der Waals surface area contributed by atoms with Crippen molar-refractivity contribution in [2.24, 2.45) is 5.41 Å². The number of hydrogen-bond donors (Lipinski definition) is 0. The fourth-order valence-electron chi connectivity index (χ4n) is 3.47. The minimum atomic E-state index is -0.892. The molecule has 1 aromatic carbocycles. The van der Waals surface area contributed by atoms with Crippen LogP contribution in [0.3, 0.4) is 0 Å². The van der Waals surface area contributed by atoms with Crippen LogP contribution in [0.1, 0.15) is 37.4 Å². The highest BCUT2D eigenvalue weighted by Crippen LogP contribution is 2.46. The van der Waals surface area contributed by atoms with E-state index in [9.17, 15) is 13.6 Å². The maximum absolute atomic E-state index is 13.4. The number of benzene rings is 1. The van der Waals surface area contributed by atoms with Crippen molar-refractivity contribution in [3.63, 3.8) is 0 Å². The van der Waals surface area contributed by atoms with Crippen LogP contribution < -0.4 is 0 Å². The first kappa shape index (κ1) is 16.1. The lowest BCUT2D eigenvalue weighted by Crippen LogP contribution is -2.51. The Labute approximate surface area is 134 Å². The van der Waals surface area contributed by atoms with Crippen molar-refractivity contribution in [3.8, 4) is 0 Å². The van der Waals surface area contributed by atoms with Crippen LogP contribution in [0, 0.1) is 17.0 Å². The average molecular weight is 321 g/mol. The van der Waals surface area contributed by atoms with Gasteiger partial charge < -0.3 is 9.64 Å². The molecule has 0 radical (unpaired) electrons. The molecule has 124 valence electrons. The van der Waals surface area contributed by atoms with Gasteiger partial charge in [-0.05, 0) is 37.0 Å². The van der Waals surface area contributed by atoms with Gasteiger partial charge in [-0.25, -0.2) is 8.78 Å². The number of nitrogens with zero attached hydrogens (tertiary/aromatic N) is 1. The average Bonchev–Trinajstić information content (AvgIpc) is 2.53. The summed E-state index contributed by atoms with van der Waals surface area (Å²) in [7, 11) is 0. The number of carbonyl (C=O) groups is 1. The van der Waals surface area contributed by atoms with E-state index in [4.69, 9.17) is 4.74 Å². The van der Waals surface area contributed by atoms with Crippen LogP contribution in [-0.4, -0.2) is 30.5 Å². The lowest BCUT2D eigenvalue weighted by Gasteiger charge is -2.45. The molecule has 1 heterocycles. The zero-order chi connectivity index (χ0) is 16.4. The van der Waals surface area contributed by atoms with Gasteiger partial charge in [0.05, 0.1) is 18.6 Å². The third-order valence-electron chi connectivity index (χ3n) is 4.97. The van der Waals surface area contributed by atoms with Gasteiger partial charge in [0.25, 0.3) is 0 Å². The predicted octanol–water partition coefficient (Wildman–Crippen LogP) is 3.61. The first-order chi connectivity index (χ1) is 11.1. The molecule has 23 heavy (non-hydrogen) atoms. The van der Waals surface area contributed by atoms with Gasteiger partial charge in [0.1, 0.15) is 6.10 Å². The Hall–Kier alpha value is -1.75. The Morgan fingerprint density at radius 2 is 2.17 bits per heavy atom. The number of hydrogen-bond acceptors (Lipinski definition) is 2. The van der Waals surface area contributed by atoms with Gasteiger partial charge in [-0.2, -0.15) is 0 Å². The van der Waals surface area contributed by atoms with Gasteiger partial charge in [0, 0.05) is 6.54 Å². The second kappa shape index (κ2) is 6.40. The van der Waals surface area contributed by atoms with Gasteiger partial charge >= 0.3 is 0 Å². The van der Waals surface area contributed by atoms with Crippen LogP contribution in [-0.2, 0) is 9.53 Å². The normalized spacial score (nSPS) is 23.2. The minimum Gasteiger partial charge on any atom is -0.370 e. The molecule has 1 aliphatic carbocycles. The molecule has 0 spiro atoms. The van der Waals surface area contributed by atoms with Crippen molar-refractivity contribution in [2.45, 2.75) is 31.8 Å². The van der Waals surface area contributed by atoms with E-state index in [1.165, 1.54) is 6.07 Å². The van der Waals surface area contributed by atoms with Crippen LogP contribution in [0.25, 0.3) is 0 Å². The van der Waals surface area contributed by atoms with Crippen LogP contribution in [0.15, 0.2) is 30.9 Å². The van der Waals surface area contributed by atoms with Gasteiger partial charge in [-0.1, -0.05) is 18.6 Å². The SMILES string of the molecule is C=CCC1(C(=O)N2CCOC(c3ccc(F)c(F)c3)C2)CCC1. The van der Waals surface area contributed by atoms with Crippen molar-refractivity contribution in [3.05, 3.63) is 48.1 Å². The number of carbonyl (C=O) groups excluding carboxylic acids is 1. The first-order valence-corrected chi connectivity index (χ1v) is 8.02. The molecule has 1 unspecified atom stereocenters. The van der Waals surface area contributed by atoms with E-state index in [1.807, 2.05) is 6.08 Å². The minimum absolute atomic E-state index is 0.138. The van der Waals surface area contributed by atoms with Gasteiger partial charge in [0.15, 0.2) is 11.6 Å². The van der Waals surface area contributed by atoms with E-state index in [1.54, 1.807) is 4.90 Å². The molecule has 0 N–H and O–H groups in total. The summed E-state index contributed by atoms with van der Waals surface area (Å²) in [5, 5.41) is 0. The fourth-order valence-corrected chi connectivity index (χ4v) is 3.47. The summed E-state index contributed by atoms with van der Waals surface area (Å²) in [5.41, 5.74) is 0.255. The molecule has 2 fully saturated rings. The van der Waals surface area contributed by atoms with E-state index < -0.39 is 17.7 Å². The summed E-state index contributed by atoms with van der Waals surface area (Å²) in [4.78, 5) is 14.7. The monoisotopic (exact) mass is 321 g/mol. The Morgan fingerprint density at radius 1 is 1.39 bits per heavy atom. The van der Waals surface area contributed by atoms with Crippen LogP contribution in [0.2, 0.25) is 0 Å². The molecule has 0 aromatic heterocycles. The Kier molecular flexibility index (Phi) is 4.48. The molecule has 5 heteroatoms. The highest BCUT2D eigenvalue weighted by Gasteiger charge is 2.46. The lowest BCUT2D eigenvalue weighted by atomic mass is 9.65. The van der Waals surface area contributed by atoms with E-state index >= 15 is 0 Å². The standard InChI is InChI=1S/C18H21F2NO2/c1-2-6-18(7-3-8-18)17(22)21-9-10-23-16(12-21)13-4-5-14(19)15(20)11-13/h2,4-5,11,16H,1,3,6-10,12H2. The second-order valence-electron chi connectivity index (χ2n) is 6.41. The molecular formula is C18H21F2NO2. The molecule has 2 aliphatic rings. The second-order valence-corrected chi connectivity index (χ2v) is 6.41. The van der Waals surface area contributed by atoms with Crippen molar-refractivity contribution in [1.82, 2.24) is 4.90 Å². The highest BCUT2D eigenvalue weighted by molar-refractivity contribution is 5.84.